The highest BCUT2D eigenvalue weighted by molar-refractivity contribution is 5.85. The minimum Gasteiger partial charge on any atom is -0.347 e. The molecule has 0 unspecified atom stereocenters. The van der Waals surface area contributed by atoms with Gasteiger partial charge in [0.15, 0.2) is 0 Å². The van der Waals surface area contributed by atoms with Gasteiger partial charge in [-0.15, -0.1) is 0 Å². The number of benzene rings is 1. The third kappa shape index (κ3) is 4.47. The van der Waals surface area contributed by atoms with Crippen LogP contribution in [0.2, 0.25) is 0 Å². The number of aromatic nitrogens is 1. The summed E-state index contributed by atoms with van der Waals surface area (Å²) in [6, 6.07) is 9.36. The van der Waals surface area contributed by atoms with E-state index in [9.17, 15) is 14.4 Å². The second-order valence-corrected chi connectivity index (χ2v) is 6.43. The number of hydrogen-bond acceptors (Lipinski definition) is 3. The molecule has 0 atom stereocenters. The first kappa shape index (κ1) is 17.2. The molecule has 2 aromatic rings. The maximum absolute atomic E-state index is 12.1. The first-order valence-corrected chi connectivity index (χ1v) is 8.79. The lowest BCUT2D eigenvalue weighted by molar-refractivity contribution is -0.133. The summed E-state index contributed by atoms with van der Waals surface area (Å²) in [5.74, 6) is -0.241. The van der Waals surface area contributed by atoms with Crippen molar-refractivity contribution >= 4 is 22.7 Å². The molecule has 1 fully saturated rings. The summed E-state index contributed by atoms with van der Waals surface area (Å²) in [6.07, 6.45) is 3.77. The summed E-state index contributed by atoms with van der Waals surface area (Å²) in [6.45, 7) is 1.59. The molecular weight excluding hydrogens is 318 g/mol. The van der Waals surface area contributed by atoms with Crippen molar-refractivity contribution in [3.05, 3.63) is 46.2 Å². The molecular formula is C19H23N3O3. The molecule has 6 heteroatoms. The van der Waals surface area contributed by atoms with Crippen LogP contribution in [0.5, 0.6) is 0 Å². The van der Waals surface area contributed by atoms with Crippen LogP contribution in [-0.4, -0.2) is 41.3 Å². The Morgan fingerprint density at radius 2 is 1.88 bits per heavy atom. The van der Waals surface area contributed by atoms with Crippen LogP contribution in [0, 0.1) is 0 Å². The number of carbonyl (C=O) groups is 2. The molecule has 2 N–H and O–H groups in total. The first-order chi connectivity index (χ1) is 12.1. The summed E-state index contributed by atoms with van der Waals surface area (Å²) >= 11 is 0. The van der Waals surface area contributed by atoms with Crippen LogP contribution >= 0.6 is 0 Å². The highest BCUT2D eigenvalue weighted by Crippen LogP contribution is 2.11. The first-order valence-electron chi connectivity index (χ1n) is 8.79. The molecule has 1 aliphatic heterocycles. The third-order valence-electron chi connectivity index (χ3n) is 4.60. The molecule has 25 heavy (non-hydrogen) atoms. The second kappa shape index (κ2) is 7.96. The van der Waals surface area contributed by atoms with Gasteiger partial charge in [0.1, 0.15) is 0 Å². The Balaban J connectivity index is 1.51. The standard InChI is InChI=1S/C19H23N3O3/c23-17(20-13-18(24)22-10-4-1-5-11-22)9-8-15-12-14-6-2-3-7-16(14)21-19(15)25/h2-3,6-7,12H,1,4-5,8-11,13H2,(H,20,23)(H,21,25). The number of hydrogen-bond donors (Lipinski definition) is 2. The number of nitrogens with zero attached hydrogens (tertiary/aromatic N) is 1. The minimum atomic E-state index is -0.210. The van der Waals surface area contributed by atoms with Crippen LogP contribution in [0.1, 0.15) is 31.2 Å². The maximum Gasteiger partial charge on any atom is 0.251 e. The van der Waals surface area contributed by atoms with Gasteiger partial charge in [-0.2, -0.15) is 0 Å². The van der Waals surface area contributed by atoms with Crippen molar-refractivity contribution in [3.63, 3.8) is 0 Å². The Hall–Kier alpha value is -2.63. The van der Waals surface area contributed by atoms with Gasteiger partial charge in [-0.05, 0) is 43.2 Å². The van der Waals surface area contributed by atoms with Crippen molar-refractivity contribution in [1.82, 2.24) is 15.2 Å². The molecule has 1 aromatic heterocycles. The molecule has 0 aliphatic carbocycles. The fourth-order valence-electron chi connectivity index (χ4n) is 3.14. The highest BCUT2D eigenvalue weighted by Gasteiger charge is 2.16. The van der Waals surface area contributed by atoms with Gasteiger partial charge in [0.25, 0.3) is 5.56 Å². The van der Waals surface area contributed by atoms with Gasteiger partial charge in [0, 0.05) is 30.6 Å². The number of carbonyl (C=O) groups excluding carboxylic acids is 2. The van der Waals surface area contributed by atoms with E-state index >= 15 is 0 Å². The van der Waals surface area contributed by atoms with Crippen molar-refractivity contribution in [1.29, 1.82) is 0 Å². The van der Waals surface area contributed by atoms with E-state index in [0.29, 0.717) is 12.0 Å². The smallest absolute Gasteiger partial charge is 0.251 e. The molecule has 132 valence electrons. The van der Waals surface area contributed by atoms with E-state index < -0.39 is 0 Å². The number of pyridine rings is 1. The number of piperidine rings is 1. The number of rotatable bonds is 5. The van der Waals surface area contributed by atoms with E-state index in [1.165, 1.54) is 0 Å². The number of H-pyrrole nitrogens is 1. The number of likely N-dealkylation sites (tertiary alicyclic amines) is 1. The van der Waals surface area contributed by atoms with Crippen LogP contribution in [0.15, 0.2) is 35.1 Å². The van der Waals surface area contributed by atoms with Crippen molar-refractivity contribution < 1.29 is 9.59 Å². The Morgan fingerprint density at radius 3 is 2.68 bits per heavy atom. The summed E-state index contributed by atoms with van der Waals surface area (Å²) in [4.78, 5) is 40.7. The molecule has 1 saturated heterocycles. The lowest BCUT2D eigenvalue weighted by Crippen LogP contribution is -2.42. The van der Waals surface area contributed by atoms with Gasteiger partial charge in [-0.3, -0.25) is 14.4 Å². The minimum absolute atomic E-state index is 0.0309. The molecule has 0 radical (unpaired) electrons. The monoisotopic (exact) mass is 341 g/mol. The van der Waals surface area contributed by atoms with Gasteiger partial charge in [-0.1, -0.05) is 18.2 Å². The quantitative estimate of drug-likeness (QED) is 0.866. The highest BCUT2D eigenvalue weighted by atomic mass is 16.2. The van der Waals surface area contributed by atoms with Crippen LogP contribution in [-0.2, 0) is 16.0 Å². The lowest BCUT2D eigenvalue weighted by Gasteiger charge is -2.26. The van der Waals surface area contributed by atoms with E-state index in [4.69, 9.17) is 0 Å². The number of fused-ring (bicyclic) bond motifs is 1. The molecule has 2 heterocycles. The van der Waals surface area contributed by atoms with Crippen molar-refractivity contribution in [2.24, 2.45) is 0 Å². The third-order valence-corrected chi connectivity index (χ3v) is 4.60. The van der Waals surface area contributed by atoms with Gasteiger partial charge in [0.2, 0.25) is 11.8 Å². The number of aromatic amines is 1. The molecule has 2 amide bonds. The second-order valence-electron chi connectivity index (χ2n) is 6.43. The molecule has 0 spiro atoms. The zero-order valence-electron chi connectivity index (χ0n) is 14.2. The largest absolute Gasteiger partial charge is 0.347 e. The summed E-state index contributed by atoms with van der Waals surface area (Å²) in [5.41, 5.74) is 1.19. The van der Waals surface area contributed by atoms with Gasteiger partial charge < -0.3 is 15.2 Å². The van der Waals surface area contributed by atoms with Crippen molar-refractivity contribution in [2.45, 2.75) is 32.1 Å². The van der Waals surface area contributed by atoms with Crippen molar-refractivity contribution in [3.8, 4) is 0 Å². The topological polar surface area (TPSA) is 82.3 Å². The van der Waals surface area contributed by atoms with E-state index in [1.54, 1.807) is 4.90 Å². The summed E-state index contributed by atoms with van der Waals surface area (Å²) in [7, 11) is 0. The predicted molar refractivity (Wildman–Crippen MR) is 96.3 cm³/mol. The number of nitrogens with one attached hydrogen (secondary N) is 2. The Labute approximate surface area is 146 Å². The average molecular weight is 341 g/mol. The zero-order chi connectivity index (χ0) is 17.6. The van der Waals surface area contributed by atoms with E-state index in [0.717, 1.165) is 43.3 Å². The van der Waals surface area contributed by atoms with Crippen LogP contribution in [0.25, 0.3) is 10.9 Å². The van der Waals surface area contributed by atoms with Crippen LogP contribution < -0.4 is 10.9 Å². The molecule has 6 nitrogen and oxygen atoms in total. The molecule has 0 bridgehead atoms. The number of amides is 2. The van der Waals surface area contributed by atoms with Gasteiger partial charge in [0.05, 0.1) is 6.54 Å². The number of para-hydroxylation sites is 1. The van der Waals surface area contributed by atoms with Gasteiger partial charge >= 0.3 is 0 Å². The van der Waals surface area contributed by atoms with E-state index in [-0.39, 0.29) is 30.3 Å². The predicted octanol–water partition coefficient (Wildman–Crippen LogP) is 1.59. The molecule has 0 saturated carbocycles. The molecule has 1 aliphatic rings. The zero-order valence-corrected chi connectivity index (χ0v) is 14.2. The summed E-state index contributed by atoms with van der Waals surface area (Å²) < 4.78 is 0. The maximum atomic E-state index is 12.1. The normalized spacial score (nSPS) is 14.5. The SMILES string of the molecule is O=C(CCc1cc2ccccc2[nH]c1=O)NCC(=O)N1CCCCC1. The van der Waals surface area contributed by atoms with Gasteiger partial charge in [-0.25, -0.2) is 0 Å². The van der Waals surface area contributed by atoms with E-state index in [2.05, 4.69) is 10.3 Å². The fraction of sp³-hybridized carbons (Fsp3) is 0.421. The average Bonchev–Trinajstić information content (AvgIpc) is 2.65. The fourth-order valence-corrected chi connectivity index (χ4v) is 3.14. The van der Waals surface area contributed by atoms with Crippen LogP contribution in [0.3, 0.4) is 0 Å². The summed E-state index contributed by atoms with van der Waals surface area (Å²) in [5, 5.41) is 3.61. The lowest BCUT2D eigenvalue weighted by atomic mass is 10.1. The van der Waals surface area contributed by atoms with Crippen molar-refractivity contribution in [2.75, 3.05) is 19.6 Å². The Kier molecular flexibility index (Phi) is 5.48. The van der Waals surface area contributed by atoms with Crippen LogP contribution in [0.4, 0.5) is 0 Å². The molecule has 3 rings (SSSR count). The molecule has 1 aromatic carbocycles. The Morgan fingerprint density at radius 1 is 1.12 bits per heavy atom. The number of aryl methyl sites for hydroxylation is 1. The Bertz CT molecular complexity index is 822. The van der Waals surface area contributed by atoms with E-state index in [1.807, 2.05) is 30.3 Å².